The predicted octanol–water partition coefficient (Wildman–Crippen LogP) is 3.92. The molecule has 4 rings (SSSR count). The first-order chi connectivity index (χ1) is 11.5. The Kier molecular flexibility index (Phi) is 3.48. The van der Waals surface area contributed by atoms with Gasteiger partial charge in [-0.3, -0.25) is 0 Å². The average Bonchev–Trinajstić information content (AvgIpc) is 2.91. The molecule has 126 valence electrons. The number of rotatable bonds is 5. The highest BCUT2D eigenvalue weighted by Gasteiger charge is 2.68. The Labute approximate surface area is 142 Å². The molecule has 1 aromatic carbocycles. The van der Waals surface area contributed by atoms with Gasteiger partial charge in [-0.1, -0.05) is 23.8 Å². The molecule has 1 aliphatic heterocycles. The van der Waals surface area contributed by atoms with E-state index in [0.717, 1.165) is 24.2 Å². The number of hydrogen-bond acceptors (Lipinski definition) is 3. The van der Waals surface area contributed by atoms with Crippen LogP contribution in [0.5, 0.6) is 0 Å². The Hall–Kier alpha value is -1.85. The lowest BCUT2D eigenvalue weighted by molar-refractivity contribution is 0.245. The minimum atomic E-state index is -3.55. The van der Waals surface area contributed by atoms with Crippen molar-refractivity contribution in [3.8, 4) is 0 Å². The predicted molar refractivity (Wildman–Crippen MR) is 91.9 cm³/mol. The van der Waals surface area contributed by atoms with Crippen LogP contribution >= 0.6 is 0 Å². The van der Waals surface area contributed by atoms with Crippen molar-refractivity contribution >= 4 is 10.0 Å². The van der Waals surface area contributed by atoms with Crippen LogP contribution in [0.4, 0.5) is 0 Å². The molecule has 24 heavy (non-hydrogen) atoms. The lowest BCUT2D eigenvalue weighted by Gasteiger charge is -2.29. The van der Waals surface area contributed by atoms with Crippen molar-refractivity contribution < 1.29 is 12.8 Å². The van der Waals surface area contributed by atoms with Crippen molar-refractivity contribution in [2.75, 3.05) is 6.54 Å². The summed E-state index contributed by atoms with van der Waals surface area (Å²) >= 11 is 0. The first-order valence-corrected chi connectivity index (χ1v) is 9.66. The minimum Gasteiger partial charge on any atom is -0.468 e. The molecule has 0 amide bonds. The second-order valence-corrected chi connectivity index (χ2v) is 8.82. The van der Waals surface area contributed by atoms with Gasteiger partial charge in [-0.2, -0.15) is 4.31 Å². The molecule has 0 bridgehead atoms. The summed E-state index contributed by atoms with van der Waals surface area (Å²) in [5.41, 5.74) is 0.987. The first kappa shape index (κ1) is 15.7. The summed E-state index contributed by atoms with van der Waals surface area (Å²) in [6, 6.07) is 10.5. The normalized spacial score (nSPS) is 29.4. The van der Waals surface area contributed by atoms with Crippen molar-refractivity contribution in [1.29, 1.82) is 0 Å². The molecule has 2 aromatic rings. The van der Waals surface area contributed by atoms with Crippen LogP contribution in [0.1, 0.15) is 30.2 Å². The number of hydrogen-bond donors (Lipinski definition) is 0. The van der Waals surface area contributed by atoms with Gasteiger partial charge in [0.15, 0.2) is 0 Å². The first-order valence-electron chi connectivity index (χ1n) is 8.22. The van der Waals surface area contributed by atoms with E-state index in [9.17, 15) is 8.42 Å². The molecule has 0 unspecified atom stereocenters. The van der Waals surface area contributed by atoms with E-state index in [1.807, 2.05) is 37.3 Å². The molecule has 1 aliphatic carbocycles. The SMILES string of the molecule is C=CC[C@]12C[C@H]1CN(S(=O)(=O)c1ccc(C)cc1)[C@@H]2c1ccco1. The number of benzene rings is 1. The van der Waals surface area contributed by atoms with Crippen molar-refractivity contribution in [1.82, 2.24) is 4.31 Å². The molecule has 1 saturated heterocycles. The van der Waals surface area contributed by atoms with Gasteiger partial charge in [0.2, 0.25) is 10.0 Å². The fourth-order valence-electron chi connectivity index (χ4n) is 4.18. The highest BCUT2D eigenvalue weighted by Crippen LogP contribution is 2.70. The standard InChI is InChI=1S/C19H21NO3S/c1-3-10-19-12-15(19)13-20(18(19)17-5-4-11-23-17)24(21,22)16-8-6-14(2)7-9-16/h3-9,11,15,18H,1,10,12-13H2,2H3/t15-,18+,19-/m0/s1. The van der Waals surface area contributed by atoms with Crippen LogP contribution in [0.25, 0.3) is 0 Å². The number of piperidine rings is 1. The Morgan fingerprint density at radius 2 is 2.08 bits per heavy atom. The molecule has 2 aliphatic rings. The molecule has 1 saturated carbocycles. The number of fused-ring (bicyclic) bond motifs is 1. The quantitative estimate of drug-likeness (QED) is 0.773. The monoisotopic (exact) mass is 343 g/mol. The maximum Gasteiger partial charge on any atom is 0.243 e. The van der Waals surface area contributed by atoms with E-state index in [0.29, 0.717) is 17.4 Å². The number of furan rings is 1. The molecule has 4 nitrogen and oxygen atoms in total. The molecule has 2 heterocycles. The van der Waals surface area contributed by atoms with E-state index in [1.165, 1.54) is 0 Å². The van der Waals surface area contributed by atoms with Crippen LogP contribution in [-0.2, 0) is 10.0 Å². The van der Waals surface area contributed by atoms with Crippen molar-refractivity contribution in [3.05, 3.63) is 66.6 Å². The van der Waals surface area contributed by atoms with Gasteiger partial charge in [-0.05, 0) is 49.9 Å². The summed E-state index contributed by atoms with van der Waals surface area (Å²) in [7, 11) is -3.55. The maximum absolute atomic E-state index is 13.2. The van der Waals surface area contributed by atoms with E-state index in [1.54, 1.807) is 22.7 Å². The molecule has 5 heteroatoms. The van der Waals surface area contributed by atoms with Gasteiger partial charge in [-0.25, -0.2) is 8.42 Å². The van der Waals surface area contributed by atoms with Crippen molar-refractivity contribution in [2.45, 2.75) is 30.7 Å². The molecule has 2 fully saturated rings. The summed E-state index contributed by atoms with van der Waals surface area (Å²) in [5, 5.41) is 0. The van der Waals surface area contributed by atoms with Gasteiger partial charge in [0.05, 0.1) is 17.2 Å². The summed E-state index contributed by atoms with van der Waals surface area (Å²) in [5.74, 6) is 1.11. The second-order valence-electron chi connectivity index (χ2n) is 6.93. The molecular formula is C19H21NO3S. The van der Waals surface area contributed by atoms with Gasteiger partial charge >= 0.3 is 0 Å². The summed E-state index contributed by atoms with van der Waals surface area (Å²) in [6.45, 7) is 6.37. The van der Waals surface area contributed by atoms with Crippen LogP contribution in [0.3, 0.4) is 0 Å². The van der Waals surface area contributed by atoms with Crippen molar-refractivity contribution in [3.63, 3.8) is 0 Å². The fourth-order valence-corrected chi connectivity index (χ4v) is 5.89. The third-order valence-electron chi connectivity index (χ3n) is 5.48. The van der Waals surface area contributed by atoms with E-state index in [-0.39, 0.29) is 11.5 Å². The Bertz CT molecular complexity index is 855. The molecule has 3 atom stereocenters. The third kappa shape index (κ3) is 2.19. The van der Waals surface area contributed by atoms with Gasteiger partial charge in [0, 0.05) is 12.0 Å². The van der Waals surface area contributed by atoms with Crippen LogP contribution in [0.15, 0.2) is 64.6 Å². The van der Waals surface area contributed by atoms with E-state index < -0.39 is 10.0 Å². The lowest BCUT2D eigenvalue weighted by Crippen LogP contribution is -2.35. The smallest absolute Gasteiger partial charge is 0.243 e. The van der Waals surface area contributed by atoms with Crippen LogP contribution < -0.4 is 0 Å². The highest BCUT2D eigenvalue weighted by atomic mass is 32.2. The molecule has 0 spiro atoms. The fraction of sp³-hybridized carbons (Fsp3) is 0.368. The highest BCUT2D eigenvalue weighted by molar-refractivity contribution is 7.89. The van der Waals surface area contributed by atoms with Gasteiger partial charge in [0.25, 0.3) is 0 Å². The maximum atomic E-state index is 13.2. The van der Waals surface area contributed by atoms with E-state index >= 15 is 0 Å². The average molecular weight is 343 g/mol. The molecular weight excluding hydrogens is 322 g/mol. The third-order valence-corrected chi connectivity index (χ3v) is 7.32. The van der Waals surface area contributed by atoms with E-state index in [2.05, 4.69) is 6.58 Å². The molecule has 0 radical (unpaired) electrons. The summed E-state index contributed by atoms with van der Waals surface area (Å²) in [4.78, 5) is 0.347. The number of sulfonamides is 1. The largest absolute Gasteiger partial charge is 0.468 e. The Morgan fingerprint density at radius 3 is 2.71 bits per heavy atom. The van der Waals surface area contributed by atoms with Gasteiger partial charge in [-0.15, -0.1) is 6.58 Å². The Morgan fingerprint density at radius 1 is 1.33 bits per heavy atom. The molecule has 1 aromatic heterocycles. The number of nitrogens with zero attached hydrogens (tertiary/aromatic N) is 1. The Balaban J connectivity index is 1.77. The summed E-state index contributed by atoms with van der Waals surface area (Å²) in [6.07, 6.45) is 5.36. The van der Waals surface area contributed by atoms with Gasteiger partial charge in [0.1, 0.15) is 5.76 Å². The zero-order valence-corrected chi connectivity index (χ0v) is 14.5. The van der Waals surface area contributed by atoms with Crippen molar-refractivity contribution in [2.24, 2.45) is 11.3 Å². The van der Waals surface area contributed by atoms with E-state index in [4.69, 9.17) is 4.42 Å². The van der Waals surface area contributed by atoms with Crippen LogP contribution in [0.2, 0.25) is 0 Å². The topological polar surface area (TPSA) is 50.5 Å². The zero-order chi connectivity index (χ0) is 16.9. The molecule has 0 N–H and O–H groups in total. The van der Waals surface area contributed by atoms with Crippen LogP contribution in [0, 0.1) is 18.3 Å². The second kappa shape index (κ2) is 5.33. The van der Waals surface area contributed by atoms with Crippen LogP contribution in [-0.4, -0.2) is 19.3 Å². The number of aryl methyl sites for hydroxylation is 1. The zero-order valence-electron chi connectivity index (χ0n) is 13.7. The summed E-state index contributed by atoms with van der Waals surface area (Å²) < 4.78 is 33.7. The van der Waals surface area contributed by atoms with Gasteiger partial charge < -0.3 is 4.42 Å². The lowest BCUT2D eigenvalue weighted by atomic mass is 9.91. The minimum absolute atomic E-state index is 0.0582. The number of allylic oxidation sites excluding steroid dienone is 1.